The zero-order valence-corrected chi connectivity index (χ0v) is 15.4. The topological polar surface area (TPSA) is 90.4 Å². The minimum absolute atomic E-state index is 0.0932. The van der Waals surface area contributed by atoms with E-state index in [9.17, 15) is 9.59 Å². The molecule has 2 aromatic rings. The maximum atomic E-state index is 12.4. The molecule has 0 bridgehead atoms. The summed E-state index contributed by atoms with van der Waals surface area (Å²) in [6.07, 6.45) is 2.84. The van der Waals surface area contributed by atoms with Crippen molar-refractivity contribution >= 4 is 28.2 Å². The van der Waals surface area contributed by atoms with Crippen LogP contribution in [0.25, 0.3) is 0 Å². The van der Waals surface area contributed by atoms with Gasteiger partial charge in [-0.1, -0.05) is 18.3 Å². The van der Waals surface area contributed by atoms with Crippen LogP contribution in [0.2, 0.25) is 0 Å². The summed E-state index contributed by atoms with van der Waals surface area (Å²) in [5, 5.41) is 12.0. The lowest BCUT2D eigenvalue weighted by atomic mass is 10.1. The fourth-order valence-corrected chi connectivity index (χ4v) is 3.37. The highest BCUT2D eigenvalue weighted by atomic mass is 32.1. The summed E-state index contributed by atoms with van der Waals surface area (Å²) >= 11 is 1.36. The van der Waals surface area contributed by atoms with Crippen LogP contribution in [0.3, 0.4) is 0 Å². The molecule has 7 nitrogen and oxygen atoms in total. The molecule has 1 amide bonds. The Morgan fingerprint density at radius 1 is 1.15 bits per heavy atom. The highest BCUT2D eigenvalue weighted by molar-refractivity contribution is 7.15. The van der Waals surface area contributed by atoms with Crippen molar-refractivity contribution in [3.8, 4) is 11.5 Å². The monoisotopic (exact) mass is 375 g/mol. The van der Waals surface area contributed by atoms with Crippen LogP contribution in [-0.2, 0) is 11.2 Å². The molecule has 0 aliphatic carbocycles. The summed E-state index contributed by atoms with van der Waals surface area (Å²) in [6, 6.07) is 5.13. The molecular weight excluding hydrogens is 354 g/mol. The number of fused-ring (bicyclic) bond motifs is 1. The molecule has 3 rings (SSSR count). The lowest BCUT2D eigenvalue weighted by Gasteiger charge is -2.08. The number of nitrogens with one attached hydrogen (secondary N) is 1. The highest BCUT2D eigenvalue weighted by Crippen LogP contribution is 2.30. The zero-order valence-electron chi connectivity index (χ0n) is 14.6. The Hall–Kier alpha value is -2.48. The van der Waals surface area contributed by atoms with E-state index in [1.807, 2.05) is 0 Å². The maximum absolute atomic E-state index is 12.4. The van der Waals surface area contributed by atoms with Gasteiger partial charge in [0.25, 0.3) is 0 Å². The third-order valence-corrected chi connectivity index (χ3v) is 4.72. The number of aryl methyl sites for hydroxylation is 1. The van der Waals surface area contributed by atoms with Crippen LogP contribution in [0.4, 0.5) is 5.13 Å². The summed E-state index contributed by atoms with van der Waals surface area (Å²) in [4.78, 5) is 24.4. The number of rotatable bonds is 7. The second kappa shape index (κ2) is 8.75. The second-order valence-corrected chi connectivity index (χ2v) is 7.00. The Labute approximate surface area is 155 Å². The third-order valence-electron chi connectivity index (χ3n) is 3.83. The molecule has 2 heterocycles. The maximum Gasteiger partial charge on any atom is 0.226 e. The minimum atomic E-state index is -0.244. The van der Waals surface area contributed by atoms with Gasteiger partial charge in [-0.2, -0.15) is 0 Å². The number of anilines is 1. The van der Waals surface area contributed by atoms with E-state index in [2.05, 4.69) is 22.4 Å². The smallest absolute Gasteiger partial charge is 0.226 e. The van der Waals surface area contributed by atoms with Crippen molar-refractivity contribution in [1.29, 1.82) is 0 Å². The van der Waals surface area contributed by atoms with Crippen molar-refractivity contribution in [1.82, 2.24) is 10.2 Å². The van der Waals surface area contributed by atoms with Crippen molar-refractivity contribution in [3.63, 3.8) is 0 Å². The first-order valence-corrected chi connectivity index (χ1v) is 9.52. The average Bonchev–Trinajstić information content (AvgIpc) is 2.93. The fourth-order valence-electron chi connectivity index (χ4n) is 2.51. The number of carbonyl (C=O) groups is 2. The van der Waals surface area contributed by atoms with Gasteiger partial charge in [-0.05, 0) is 24.6 Å². The van der Waals surface area contributed by atoms with Crippen LogP contribution in [-0.4, -0.2) is 35.1 Å². The Balaban J connectivity index is 1.53. The van der Waals surface area contributed by atoms with Crippen molar-refractivity contribution in [2.24, 2.45) is 0 Å². The van der Waals surface area contributed by atoms with Crippen molar-refractivity contribution in [2.75, 3.05) is 18.5 Å². The Morgan fingerprint density at radius 2 is 1.96 bits per heavy atom. The summed E-state index contributed by atoms with van der Waals surface area (Å²) < 4.78 is 11.2. The number of hydrogen-bond acceptors (Lipinski definition) is 7. The fraction of sp³-hybridized carbons (Fsp3) is 0.444. The van der Waals surface area contributed by atoms with E-state index in [1.165, 1.54) is 11.3 Å². The summed E-state index contributed by atoms with van der Waals surface area (Å²) in [7, 11) is 0. The summed E-state index contributed by atoms with van der Waals surface area (Å²) in [5.74, 6) is 0.873. The molecule has 1 aromatic carbocycles. The van der Waals surface area contributed by atoms with Crippen LogP contribution in [0, 0.1) is 0 Å². The first-order chi connectivity index (χ1) is 12.7. The lowest BCUT2D eigenvalue weighted by Crippen LogP contribution is -2.13. The molecular formula is C18H21N3O4S. The standard InChI is InChI=1S/C18H21N3O4S/c1-2-4-17-20-21-18(26-17)19-16(23)8-6-13(22)12-5-7-14-15(11-12)25-10-3-9-24-14/h5,7,11H,2-4,6,8-10H2,1H3,(H,19,21,23). The molecule has 0 radical (unpaired) electrons. The molecule has 1 aromatic heterocycles. The van der Waals surface area contributed by atoms with E-state index in [0.29, 0.717) is 35.4 Å². The molecule has 138 valence electrons. The van der Waals surface area contributed by atoms with Gasteiger partial charge in [-0.3, -0.25) is 9.59 Å². The number of amides is 1. The number of benzene rings is 1. The number of aromatic nitrogens is 2. The van der Waals surface area contributed by atoms with Gasteiger partial charge in [0.1, 0.15) is 5.01 Å². The van der Waals surface area contributed by atoms with Gasteiger partial charge < -0.3 is 14.8 Å². The number of ketones is 1. The number of hydrogen-bond donors (Lipinski definition) is 1. The van der Waals surface area contributed by atoms with E-state index in [4.69, 9.17) is 9.47 Å². The predicted molar refractivity (Wildman–Crippen MR) is 98.1 cm³/mol. The average molecular weight is 375 g/mol. The van der Waals surface area contributed by atoms with E-state index in [0.717, 1.165) is 24.3 Å². The molecule has 0 saturated carbocycles. The minimum Gasteiger partial charge on any atom is -0.490 e. The van der Waals surface area contributed by atoms with Crippen LogP contribution in [0.1, 0.15) is 48.0 Å². The lowest BCUT2D eigenvalue weighted by molar-refractivity contribution is -0.116. The first kappa shape index (κ1) is 18.3. The van der Waals surface area contributed by atoms with E-state index < -0.39 is 0 Å². The van der Waals surface area contributed by atoms with Crippen molar-refractivity contribution in [3.05, 3.63) is 28.8 Å². The van der Waals surface area contributed by atoms with Crippen LogP contribution >= 0.6 is 11.3 Å². The van der Waals surface area contributed by atoms with Gasteiger partial charge in [-0.15, -0.1) is 10.2 Å². The van der Waals surface area contributed by atoms with E-state index in [1.54, 1.807) is 18.2 Å². The molecule has 0 unspecified atom stereocenters. The van der Waals surface area contributed by atoms with Gasteiger partial charge >= 0.3 is 0 Å². The Kier molecular flexibility index (Phi) is 6.17. The molecule has 1 aliphatic rings. The summed E-state index contributed by atoms with van der Waals surface area (Å²) in [5.41, 5.74) is 0.517. The van der Waals surface area contributed by atoms with Gasteiger partial charge in [0.05, 0.1) is 13.2 Å². The summed E-state index contributed by atoms with van der Waals surface area (Å²) in [6.45, 7) is 3.23. The second-order valence-electron chi connectivity index (χ2n) is 5.93. The largest absolute Gasteiger partial charge is 0.490 e. The van der Waals surface area contributed by atoms with Crippen LogP contribution < -0.4 is 14.8 Å². The quantitative estimate of drug-likeness (QED) is 0.747. The third kappa shape index (κ3) is 4.78. The van der Waals surface area contributed by atoms with Gasteiger partial charge in [0, 0.05) is 31.2 Å². The van der Waals surface area contributed by atoms with Gasteiger partial charge in [-0.25, -0.2) is 0 Å². The van der Waals surface area contributed by atoms with Crippen molar-refractivity contribution in [2.45, 2.75) is 39.0 Å². The number of ether oxygens (including phenoxy) is 2. The number of nitrogens with zero attached hydrogens (tertiary/aromatic N) is 2. The molecule has 0 spiro atoms. The number of carbonyl (C=O) groups excluding carboxylic acids is 2. The van der Waals surface area contributed by atoms with Gasteiger partial charge in [0.15, 0.2) is 17.3 Å². The number of Topliss-reactive ketones (excluding diaryl/α,β-unsaturated/α-hetero) is 1. The Bertz CT molecular complexity index is 790. The molecule has 1 N–H and O–H groups in total. The SMILES string of the molecule is CCCc1nnc(NC(=O)CCC(=O)c2ccc3c(c2)OCCCO3)s1. The zero-order chi connectivity index (χ0) is 18.4. The van der Waals surface area contributed by atoms with Gasteiger partial charge in [0.2, 0.25) is 11.0 Å². The van der Waals surface area contributed by atoms with Crippen LogP contribution in [0.5, 0.6) is 11.5 Å². The van der Waals surface area contributed by atoms with E-state index in [-0.39, 0.29) is 24.5 Å². The van der Waals surface area contributed by atoms with Crippen LogP contribution in [0.15, 0.2) is 18.2 Å². The molecule has 0 fully saturated rings. The predicted octanol–water partition coefficient (Wildman–Crippen LogP) is 3.25. The van der Waals surface area contributed by atoms with E-state index >= 15 is 0 Å². The molecule has 8 heteroatoms. The Morgan fingerprint density at radius 3 is 2.77 bits per heavy atom. The molecule has 0 atom stereocenters. The first-order valence-electron chi connectivity index (χ1n) is 8.71. The molecule has 0 saturated heterocycles. The normalized spacial score (nSPS) is 13.1. The molecule has 1 aliphatic heterocycles. The van der Waals surface area contributed by atoms with Crippen molar-refractivity contribution < 1.29 is 19.1 Å². The highest BCUT2D eigenvalue weighted by Gasteiger charge is 2.16. The molecule has 26 heavy (non-hydrogen) atoms.